The molecule has 1 aromatic heterocycles. The van der Waals surface area contributed by atoms with Gasteiger partial charge >= 0.3 is 12.1 Å². The Hall–Kier alpha value is -2.31. The summed E-state index contributed by atoms with van der Waals surface area (Å²) in [6, 6.07) is 8.34. The lowest BCUT2D eigenvalue weighted by atomic mass is 10.2. The van der Waals surface area contributed by atoms with Crippen LogP contribution in [0, 0.1) is 6.92 Å². The van der Waals surface area contributed by atoms with Crippen LogP contribution in [0.5, 0.6) is 0 Å². The lowest BCUT2D eigenvalue weighted by Gasteiger charge is -2.20. The summed E-state index contributed by atoms with van der Waals surface area (Å²) in [4.78, 5) is 15.7. The highest BCUT2D eigenvalue weighted by Gasteiger charge is 2.44. The second-order valence-corrected chi connectivity index (χ2v) is 4.09. The lowest BCUT2D eigenvalue weighted by molar-refractivity contribution is -0.170. The number of aromatic nitrogens is 1. The van der Waals surface area contributed by atoms with Gasteiger partial charge in [0.05, 0.1) is 12.7 Å². The van der Waals surface area contributed by atoms with E-state index in [4.69, 9.17) is 4.42 Å². The molecular formula is C13H11F3N2O2. The zero-order chi connectivity index (χ0) is 14.8. The number of oxazole rings is 1. The van der Waals surface area contributed by atoms with Gasteiger partial charge in [-0.1, -0.05) is 30.3 Å². The number of amides is 1. The Morgan fingerprint density at radius 1 is 1.30 bits per heavy atom. The van der Waals surface area contributed by atoms with Gasteiger partial charge in [-0.05, 0) is 5.56 Å². The van der Waals surface area contributed by atoms with Crippen LogP contribution in [-0.4, -0.2) is 17.1 Å². The topological polar surface area (TPSA) is 46.3 Å². The Morgan fingerprint density at radius 3 is 2.45 bits per heavy atom. The van der Waals surface area contributed by atoms with Crippen LogP contribution in [0.3, 0.4) is 0 Å². The standard InChI is InChI=1S/C13H11F3N2O2/c1-9-17-7-11(20-9)18(12(19)13(14,15)16)8-10-5-3-2-4-6-10/h2-7H,8H2,1H3. The fourth-order valence-corrected chi connectivity index (χ4v) is 1.64. The van der Waals surface area contributed by atoms with E-state index in [1.807, 2.05) is 0 Å². The number of hydrogen-bond acceptors (Lipinski definition) is 3. The molecule has 2 rings (SSSR count). The van der Waals surface area contributed by atoms with Crippen molar-refractivity contribution in [3.63, 3.8) is 0 Å². The second kappa shape index (κ2) is 5.36. The van der Waals surface area contributed by atoms with Crippen LogP contribution in [0.25, 0.3) is 0 Å². The number of nitrogens with zero attached hydrogens (tertiary/aromatic N) is 2. The van der Waals surface area contributed by atoms with Gasteiger partial charge in [0.15, 0.2) is 5.89 Å². The van der Waals surface area contributed by atoms with Gasteiger partial charge in [-0.2, -0.15) is 13.2 Å². The first-order valence-electron chi connectivity index (χ1n) is 5.73. The summed E-state index contributed by atoms with van der Waals surface area (Å²) >= 11 is 0. The Labute approximate surface area is 112 Å². The molecule has 4 nitrogen and oxygen atoms in total. The van der Waals surface area contributed by atoms with E-state index in [1.54, 1.807) is 30.3 Å². The molecule has 0 aliphatic rings. The van der Waals surface area contributed by atoms with E-state index in [0.717, 1.165) is 6.20 Å². The highest BCUT2D eigenvalue weighted by Crippen LogP contribution is 2.26. The van der Waals surface area contributed by atoms with Crippen molar-refractivity contribution in [1.29, 1.82) is 0 Å². The Kier molecular flexibility index (Phi) is 3.78. The van der Waals surface area contributed by atoms with Crippen molar-refractivity contribution in [2.45, 2.75) is 19.6 Å². The SMILES string of the molecule is Cc1ncc(N(Cc2ccccc2)C(=O)C(F)(F)F)o1. The maximum absolute atomic E-state index is 12.6. The van der Waals surface area contributed by atoms with Crippen LogP contribution >= 0.6 is 0 Å². The molecule has 1 heterocycles. The highest BCUT2D eigenvalue weighted by atomic mass is 19.4. The summed E-state index contributed by atoms with van der Waals surface area (Å²) in [5.41, 5.74) is 0.555. The predicted octanol–water partition coefficient (Wildman–Crippen LogP) is 3.08. The molecule has 0 N–H and O–H groups in total. The Morgan fingerprint density at radius 2 is 1.95 bits per heavy atom. The number of anilines is 1. The molecule has 0 saturated carbocycles. The molecule has 0 bridgehead atoms. The van der Waals surface area contributed by atoms with Gasteiger partial charge in [-0.3, -0.25) is 9.69 Å². The first kappa shape index (κ1) is 14.1. The summed E-state index contributed by atoms with van der Waals surface area (Å²) < 4.78 is 43.0. The molecule has 0 saturated heterocycles. The van der Waals surface area contributed by atoms with Gasteiger partial charge in [0.1, 0.15) is 0 Å². The zero-order valence-corrected chi connectivity index (χ0v) is 10.5. The van der Waals surface area contributed by atoms with Crippen molar-refractivity contribution < 1.29 is 22.4 Å². The van der Waals surface area contributed by atoms with E-state index >= 15 is 0 Å². The molecule has 1 aromatic carbocycles. The van der Waals surface area contributed by atoms with Crippen LogP contribution in [0.2, 0.25) is 0 Å². The molecule has 0 radical (unpaired) electrons. The first-order valence-corrected chi connectivity index (χ1v) is 5.73. The fourth-order valence-electron chi connectivity index (χ4n) is 1.64. The van der Waals surface area contributed by atoms with Gasteiger partial charge < -0.3 is 4.42 Å². The molecular weight excluding hydrogens is 273 g/mol. The summed E-state index contributed by atoms with van der Waals surface area (Å²) in [5.74, 6) is -2.03. The molecule has 1 amide bonds. The molecule has 0 aliphatic carbocycles. The normalized spacial score (nSPS) is 11.4. The Balaban J connectivity index is 2.32. The summed E-state index contributed by atoms with van der Waals surface area (Å²) in [6.07, 6.45) is -3.88. The minimum atomic E-state index is -4.98. The molecule has 0 spiro atoms. The van der Waals surface area contributed by atoms with Crippen molar-refractivity contribution in [3.05, 3.63) is 48.0 Å². The van der Waals surface area contributed by atoms with Crippen molar-refractivity contribution >= 4 is 11.8 Å². The number of halogens is 3. The van der Waals surface area contributed by atoms with Gasteiger partial charge in [-0.15, -0.1) is 0 Å². The minimum absolute atomic E-state index is 0.188. The van der Waals surface area contributed by atoms with Gasteiger partial charge in [-0.25, -0.2) is 4.98 Å². The van der Waals surface area contributed by atoms with Crippen LogP contribution < -0.4 is 4.90 Å². The predicted molar refractivity (Wildman–Crippen MR) is 64.9 cm³/mol. The third-order valence-electron chi connectivity index (χ3n) is 2.55. The number of benzene rings is 1. The van der Waals surface area contributed by atoms with Gasteiger partial charge in [0.25, 0.3) is 0 Å². The van der Waals surface area contributed by atoms with E-state index in [-0.39, 0.29) is 18.3 Å². The largest absolute Gasteiger partial charge is 0.471 e. The third-order valence-corrected chi connectivity index (χ3v) is 2.55. The number of carbonyl (C=O) groups is 1. The van der Waals surface area contributed by atoms with Gasteiger partial charge in [0.2, 0.25) is 5.88 Å². The van der Waals surface area contributed by atoms with E-state index in [9.17, 15) is 18.0 Å². The van der Waals surface area contributed by atoms with Crippen molar-refractivity contribution in [2.75, 3.05) is 4.90 Å². The zero-order valence-electron chi connectivity index (χ0n) is 10.5. The highest BCUT2D eigenvalue weighted by molar-refractivity contribution is 5.95. The van der Waals surface area contributed by atoms with Crippen molar-refractivity contribution in [2.24, 2.45) is 0 Å². The first-order chi connectivity index (χ1) is 9.38. The number of carbonyl (C=O) groups excluding carboxylic acids is 1. The van der Waals surface area contributed by atoms with Crippen molar-refractivity contribution in [3.8, 4) is 0 Å². The molecule has 0 aliphatic heterocycles. The summed E-state index contributed by atoms with van der Waals surface area (Å²) in [5, 5.41) is 0. The fraction of sp³-hybridized carbons (Fsp3) is 0.231. The van der Waals surface area contributed by atoms with Crippen LogP contribution in [0.15, 0.2) is 40.9 Å². The molecule has 106 valence electrons. The van der Waals surface area contributed by atoms with E-state index < -0.39 is 12.1 Å². The quantitative estimate of drug-likeness (QED) is 0.870. The monoisotopic (exact) mass is 284 g/mol. The summed E-state index contributed by atoms with van der Waals surface area (Å²) in [6.45, 7) is 1.25. The Bertz CT molecular complexity index is 593. The molecule has 0 atom stereocenters. The lowest BCUT2D eigenvalue weighted by Crippen LogP contribution is -2.40. The summed E-state index contributed by atoms with van der Waals surface area (Å²) in [7, 11) is 0. The number of aryl methyl sites for hydroxylation is 1. The molecule has 0 unspecified atom stereocenters. The van der Waals surface area contributed by atoms with Crippen LogP contribution in [0.1, 0.15) is 11.5 Å². The molecule has 0 fully saturated rings. The smallest absolute Gasteiger partial charge is 0.425 e. The van der Waals surface area contributed by atoms with E-state index in [0.29, 0.717) is 10.5 Å². The van der Waals surface area contributed by atoms with E-state index in [1.165, 1.54) is 6.92 Å². The third kappa shape index (κ3) is 3.17. The molecule has 20 heavy (non-hydrogen) atoms. The van der Waals surface area contributed by atoms with E-state index in [2.05, 4.69) is 4.98 Å². The molecule has 2 aromatic rings. The number of alkyl halides is 3. The number of rotatable bonds is 3. The average molecular weight is 284 g/mol. The van der Waals surface area contributed by atoms with Gasteiger partial charge in [0, 0.05) is 6.92 Å². The number of hydrogen-bond donors (Lipinski definition) is 0. The second-order valence-electron chi connectivity index (χ2n) is 4.09. The maximum Gasteiger partial charge on any atom is 0.471 e. The molecule has 7 heteroatoms. The average Bonchev–Trinajstić information content (AvgIpc) is 2.82. The maximum atomic E-state index is 12.6. The van der Waals surface area contributed by atoms with Crippen LogP contribution in [0.4, 0.5) is 19.1 Å². The van der Waals surface area contributed by atoms with Crippen molar-refractivity contribution in [1.82, 2.24) is 4.98 Å². The minimum Gasteiger partial charge on any atom is -0.425 e. The van der Waals surface area contributed by atoms with Crippen LogP contribution in [-0.2, 0) is 11.3 Å².